The molecular formula is C30H66Cl2P2. The van der Waals surface area contributed by atoms with Crippen LogP contribution in [0.2, 0.25) is 0 Å². The Morgan fingerprint density at radius 1 is 0.324 bits per heavy atom. The summed E-state index contributed by atoms with van der Waals surface area (Å²) in [6, 6.07) is 0. The third-order valence-electron chi connectivity index (χ3n) is 7.88. The zero-order valence-corrected chi connectivity index (χ0v) is 27.9. The zero-order valence-electron chi connectivity index (χ0n) is 24.6. The molecule has 0 saturated heterocycles. The molecule has 210 valence electrons. The van der Waals surface area contributed by atoms with Crippen molar-refractivity contribution in [1.82, 2.24) is 0 Å². The van der Waals surface area contributed by atoms with Gasteiger partial charge in [0.1, 0.15) is 0 Å². The third-order valence-corrected chi connectivity index (χ3v) is 16.9. The Balaban J connectivity index is 3.99. The molecule has 0 aromatic rings. The van der Waals surface area contributed by atoms with E-state index in [1.807, 2.05) is 0 Å². The molecule has 0 rings (SSSR count). The van der Waals surface area contributed by atoms with Crippen molar-refractivity contribution in [3.63, 3.8) is 0 Å². The molecule has 0 atom stereocenters. The SMILES string of the molecule is CCCCCCCCCCCCP(C)(C)(Cl)CCP(C)(C)(Cl)CCCCCCCCCCCC. The van der Waals surface area contributed by atoms with Crippen LogP contribution in [0.5, 0.6) is 0 Å². The first-order valence-electron chi connectivity index (χ1n) is 15.3. The van der Waals surface area contributed by atoms with Crippen molar-refractivity contribution >= 4 is 34.4 Å². The summed E-state index contributed by atoms with van der Waals surface area (Å²) in [6.07, 6.45) is 32.8. The molecule has 0 aliphatic carbocycles. The molecular weight excluding hydrogens is 493 g/mol. The van der Waals surface area contributed by atoms with Crippen molar-refractivity contribution in [2.45, 2.75) is 142 Å². The fraction of sp³-hybridized carbons (Fsp3) is 1.00. The van der Waals surface area contributed by atoms with Crippen molar-refractivity contribution in [3.8, 4) is 0 Å². The molecule has 0 fully saturated rings. The minimum absolute atomic E-state index is 1.18. The molecule has 0 amide bonds. The average molecular weight is 560 g/mol. The van der Waals surface area contributed by atoms with Crippen LogP contribution >= 0.6 is 34.4 Å². The van der Waals surface area contributed by atoms with Gasteiger partial charge in [-0.3, -0.25) is 0 Å². The molecule has 4 heteroatoms. The van der Waals surface area contributed by atoms with Crippen molar-refractivity contribution in [3.05, 3.63) is 0 Å². The molecule has 0 aromatic heterocycles. The van der Waals surface area contributed by atoms with Gasteiger partial charge < -0.3 is 0 Å². The second-order valence-corrected chi connectivity index (χ2v) is 32.0. The summed E-state index contributed by atoms with van der Waals surface area (Å²) < 4.78 is 0. The van der Waals surface area contributed by atoms with Gasteiger partial charge in [-0.15, -0.1) is 0 Å². The van der Waals surface area contributed by atoms with Crippen LogP contribution in [0.1, 0.15) is 142 Å². The van der Waals surface area contributed by atoms with Crippen molar-refractivity contribution in [1.29, 1.82) is 0 Å². The molecule has 0 aliphatic rings. The predicted octanol–water partition coefficient (Wildman–Crippen LogP) is 12.8. The van der Waals surface area contributed by atoms with E-state index in [-0.39, 0.29) is 0 Å². The molecule has 0 radical (unpaired) electrons. The summed E-state index contributed by atoms with van der Waals surface area (Å²) in [4.78, 5) is 0. The topological polar surface area (TPSA) is 0 Å². The van der Waals surface area contributed by atoms with E-state index in [9.17, 15) is 0 Å². The van der Waals surface area contributed by atoms with Crippen LogP contribution < -0.4 is 0 Å². The molecule has 0 aromatic carbocycles. The van der Waals surface area contributed by atoms with E-state index in [0.717, 1.165) is 0 Å². The molecule has 0 spiro atoms. The number of halogens is 2. The van der Waals surface area contributed by atoms with Crippen LogP contribution in [0.15, 0.2) is 0 Å². The van der Waals surface area contributed by atoms with Gasteiger partial charge in [0.2, 0.25) is 0 Å². The molecule has 0 bridgehead atoms. The van der Waals surface area contributed by atoms with E-state index in [1.165, 1.54) is 153 Å². The minimum atomic E-state index is -2.09. The number of hydrogen-bond donors (Lipinski definition) is 0. The maximum atomic E-state index is 7.33. The monoisotopic (exact) mass is 558 g/mol. The molecule has 0 aliphatic heterocycles. The van der Waals surface area contributed by atoms with Crippen LogP contribution in [0.25, 0.3) is 0 Å². The third kappa shape index (κ3) is 23.8. The van der Waals surface area contributed by atoms with Gasteiger partial charge in [0, 0.05) is 0 Å². The van der Waals surface area contributed by atoms with Crippen molar-refractivity contribution < 1.29 is 0 Å². The number of unbranched alkanes of at least 4 members (excludes halogenated alkanes) is 18. The fourth-order valence-electron chi connectivity index (χ4n) is 5.01. The van der Waals surface area contributed by atoms with E-state index in [2.05, 4.69) is 40.5 Å². The summed E-state index contributed by atoms with van der Waals surface area (Å²) in [6.45, 7) is 14.2. The van der Waals surface area contributed by atoms with Gasteiger partial charge in [0.05, 0.1) is 0 Å². The molecule has 0 nitrogen and oxygen atoms in total. The van der Waals surface area contributed by atoms with Gasteiger partial charge in [-0.25, -0.2) is 0 Å². The van der Waals surface area contributed by atoms with E-state index in [1.54, 1.807) is 0 Å². The first-order chi connectivity index (χ1) is 15.9. The van der Waals surface area contributed by atoms with E-state index in [4.69, 9.17) is 22.5 Å². The van der Waals surface area contributed by atoms with Gasteiger partial charge in [-0.05, 0) is 0 Å². The van der Waals surface area contributed by atoms with Crippen LogP contribution in [-0.2, 0) is 0 Å². The van der Waals surface area contributed by atoms with Gasteiger partial charge in [-0.1, -0.05) is 0 Å². The van der Waals surface area contributed by atoms with E-state index < -0.39 is 11.9 Å². The summed E-state index contributed by atoms with van der Waals surface area (Å²) in [5.74, 6) is -4.17. The number of hydrogen-bond acceptors (Lipinski definition) is 0. The molecule has 0 N–H and O–H groups in total. The van der Waals surface area contributed by atoms with Crippen LogP contribution in [0, 0.1) is 0 Å². The Morgan fingerprint density at radius 3 is 0.765 bits per heavy atom. The second-order valence-electron chi connectivity index (χ2n) is 13.3. The Kier molecular flexibility index (Phi) is 19.4. The summed E-state index contributed by atoms with van der Waals surface area (Å²) in [7, 11) is 0. The Labute approximate surface area is 227 Å². The summed E-state index contributed by atoms with van der Waals surface area (Å²) >= 11 is 14.7. The van der Waals surface area contributed by atoms with Crippen molar-refractivity contribution in [2.75, 3.05) is 51.3 Å². The average Bonchev–Trinajstić information content (AvgIpc) is 2.75. The van der Waals surface area contributed by atoms with E-state index in [0.29, 0.717) is 0 Å². The second kappa shape index (κ2) is 18.7. The Morgan fingerprint density at radius 2 is 0.529 bits per heavy atom. The molecule has 0 heterocycles. The maximum absolute atomic E-state index is 7.33. The predicted molar refractivity (Wildman–Crippen MR) is 172 cm³/mol. The van der Waals surface area contributed by atoms with Crippen LogP contribution in [0.4, 0.5) is 0 Å². The summed E-state index contributed by atoms with van der Waals surface area (Å²) in [5.41, 5.74) is 0. The van der Waals surface area contributed by atoms with Crippen LogP contribution in [0.3, 0.4) is 0 Å². The zero-order chi connectivity index (χ0) is 25.9. The fourth-order valence-corrected chi connectivity index (χ4v) is 14.9. The van der Waals surface area contributed by atoms with Gasteiger partial charge in [-0.2, -0.15) is 0 Å². The molecule has 0 saturated carbocycles. The number of rotatable bonds is 25. The Bertz CT molecular complexity index is 430. The Hall–Kier alpha value is 1.44. The van der Waals surface area contributed by atoms with E-state index >= 15 is 0 Å². The quantitative estimate of drug-likeness (QED) is 0.0771. The van der Waals surface area contributed by atoms with Crippen LogP contribution in [-0.4, -0.2) is 51.3 Å². The first kappa shape index (κ1) is 35.4. The summed E-state index contributed by atoms with van der Waals surface area (Å²) in [5, 5.41) is 0. The first-order valence-corrected chi connectivity index (χ1v) is 24.1. The van der Waals surface area contributed by atoms with Gasteiger partial charge in [0.25, 0.3) is 0 Å². The van der Waals surface area contributed by atoms with Gasteiger partial charge >= 0.3 is 228 Å². The molecule has 0 unspecified atom stereocenters. The molecule has 34 heavy (non-hydrogen) atoms. The standard InChI is InChI=1S/C30H66Cl2P2/c1-7-9-11-13-15-17-19-21-23-25-27-33(3,4,31)29-30-34(5,6,32)28-26-24-22-20-18-16-14-12-10-8-2/h7-30H2,1-6H3. The van der Waals surface area contributed by atoms with Gasteiger partial charge in [0.15, 0.2) is 0 Å². The normalized spacial score (nSPS) is 15.1. The van der Waals surface area contributed by atoms with Crippen molar-refractivity contribution in [2.24, 2.45) is 0 Å².